The van der Waals surface area contributed by atoms with Gasteiger partial charge in [0.1, 0.15) is 0 Å². The van der Waals surface area contributed by atoms with E-state index in [1.165, 1.54) is 12.1 Å². The quantitative estimate of drug-likeness (QED) is 0.665. The molecular formula is C14H22N2O4S. The van der Waals surface area contributed by atoms with Crippen molar-refractivity contribution in [2.24, 2.45) is 0 Å². The predicted molar refractivity (Wildman–Crippen MR) is 80.2 cm³/mol. The van der Waals surface area contributed by atoms with Crippen LogP contribution in [0.1, 0.15) is 38.4 Å². The van der Waals surface area contributed by atoms with Gasteiger partial charge in [0.05, 0.1) is 17.5 Å². The molecule has 1 aromatic rings. The molecule has 0 saturated heterocycles. The van der Waals surface area contributed by atoms with Gasteiger partial charge in [0.15, 0.2) is 0 Å². The number of hydrogen-bond acceptors (Lipinski definition) is 4. The topological polar surface area (TPSA) is 95.5 Å². The third-order valence-corrected chi connectivity index (χ3v) is 4.33. The molecule has 0 spiro atoms. The minimum Gasteiger partial charge on any atom is -0.388 e. The lowest BCUT2D eigenvalue weighted by Gasteiger charge is -2.11. The molecule has 0 fully saturated rings. The van der Waals surface area contributed by atoms with Crippen molar-refractivity contribution in [2.75, 3.05) is 13.1 Å². The maximum atomic E-state index is 12.1. The number of carbonyl (C=O) groups excluding carboxylic acids is 1. The summed E-state index contributed by atoms with van der Waals surface area (Å²) >= 11 is 0. The van der Waals surface area contributed by atoms with Crippen LogP contribution < -0.4 is 10.0 Å². The average Bonchev–Trinajstić information content (AvgIpc) is 2.50. The first-order chi connectivity index (χ1) is 9.90. The number of hydrogen-bond donors (Lipinski definition) is 3. The summed E-state index contributed by atoms with van der Waals surface area (Å²) in [4.78, 5) is 11.5. The fourth-order valence-electron chi connectivity index (χ4n) is 1.70. The zero-order valence-electron chi connectivity index (χ0n) is 12.3. The molecule has 1 rings (SSSR count). The van der Waals surface area contributed by atoms with Gasteiger partial charge in [0.25, 0.3) is 0 Å². The number of amides is 1. The van der Waals surface area contributed by atoms with Crippen LogP contribution in [0.15, 0.2) is 29.2 Å². The van der Waals surface area contributed by atoms with Gasteiger partial charge in [-0.15, -0.1) is 0 Å². The van der Waals surface area contributed by atoms with Gasteiger partial charge in [0, 0.05) is 6.54 Å². The Balaban J connectivity index is 2.76. The van der Waals surface area contributed by atoms with Crippen LogP contribution in [0.5, 0.6) is 0 Å². The van der Waals surface area contributed by atoms with E-state index < -0.39 is 16.1 Å². The normalized spacial score (nSPS) is 12.9. The smallest absolute Gasteiger partial charge is 0.241 e. The van der Waals surface area contributed by atoms with E-state index in [0.717, 1.165) is 6.42 Å². The maximum Gasteiger partial charge on any atom is 0.241 e. The summed E-state index contributed by atoms with van der Waals surface area (Å²) in [5.41, 5.74) is 0.538. The molecule has 7 heteroatoms. The highest BCUT2D eigenvalue weighted by atomic mass is 32.2. The molecule has 0 saturated carbocycles. The van der Waals surface area contributed by atoms with Crippen molar-refractivity contribution in [1.82, 2.24) is 10.0 Å². The van der Waals surface area contributed by atoms with Crippen LogP contribution in [0.4, 0.5) is 0 Å². The molecule has 0 aliphatic rings. The first-order valence-corrected chi connectivity index (χ1v) is 8.43. The summed E-state index contributed by atoms with van der Waals surface area (Å²) in [7, 11) is -3.77. The van der Waals surface area contributed by atoms with Gasteiger partial charge in [-0.25, -0.2) is 13.1 Å². The molecule has 0 radical (unpaired) electrons. The highest BCUT2D eigenvalue weighted by molar-refractivity contribution is 7.89. The first kappa shape index (κ1) is 17.6. The summed E-state index contributed by atoms with van der Waals surface area (Å²) in [5, 5.41) is 12.3. The molecule has 0 aliphatic heterocycles. The first-order valence-electron chi connectivity index (χ1n) is 6.95. The van der Waals surface area contributed by atoms with Crippen LogP contribution in [0.2, 0.25) is 0 Å². The van der Waals surface area contributed by atoms with E-state index >= 15 is 0 Å². The number of benzene rings is 1. The minimum absolute atomic E-state index is 0.0378. The zero-order valence-corrected chi connectivity index (χ0v) is 13.1. The van der Waals surface area contributed by atoms with E-state index in [0.29, 0.717) is 18.5 Å². The zero-order chi connectivity index (χ0) is 15.9. The van der Waals surface area contributed by atoms with Gasteiger partial charge in [-0.3, -0.25) is 4.79 Å². The fraction of sp³-hybridized carbons (Fsp3) is 0.500. The molecule has 1 unspecified atom stereocenters. The molecule has 3 N–H and O–H groups in total. The van der Waals surface area contributed by atoms with Crippen molar-refractivity contribution in [2.45, 2.75) is 37.7 Å². The van der Waals surface area contributed by atoms with E-state index in [1.807, 2.05) is 13.8 Å². The molecule has 0 aliphatic carbocycles. The molecule has 1 atom stereocenters. The van der Waals surface area contributed by atoms with Crippen molar-refractivity contribution in [3.8, 4) is 0 Å². The molecule has 1 aromatic carbocycles. The second-order valence-electron chi connectivity index (χ2n) is 4.67. The Hall–Kier alpha value is -1.44. The van der Waals surface area contributed by atoms with Crippen molar-refractivity contribution < 1.29 is 18.3 Å². The number of sulfonamides is 1. The molecule has 0 aromatic heterocycles. The Labute approximate surface area is 125 Å². The van der Waals surface area contributed by atoms with Gasteiger partial charge in [-0.2, -0.15) is 0 Å². The van der Waals surface area contributed by atoms with Crippen molar-refractivity contribution in [3.05, 3.63) is 29.8 Å². The number of aliphatic hydroxyl groups is 1. The standard InChI is InChI=1S/C14H22N2O4S/c1-3-8-15-14(18)10-16-21(19,20)12-7-5-6-11(9-12)13(17)4-2/h5-7,9,13,16-17H,3-4,8,10H2,1-2H3,(H,15,18). The number of rotatable bonds is 8. The lowest BCUT2D eigenvalue weighted by Crippen LogP contribution is -2.37. The van der Waals surface area contributed by atoms with E-state index in [1.54, 1.807) is 12.1 Å². The van der Waals surface area contributed by atoms with Crippen LogP contribution in [0.3, 0.4) is 0 Å². The average molecular weight is 314 g/mol. The van der Waals surface area contributed by atoms with Gasteiger partial charge in [-0.05, 0) is 30.5 Å². The van der Waals surface area contributed by atoms with Gasteiger partial charge in [0.2, 0.25) is 15.9 Å². The molecule has 0 bridgehead atoms. The summed E-state index contributed by atoms with van der Waals surface area (Å²) in [6.45, 7) is 3.93. The van der Waals surface area contributed by atoms with Crippen molar-refractivity contribution >= 4 is 15.9 Å². The number of aliphatic hydroxyl groups excluding tert-OH is 1. The van der Waals surface area contributed by atoms with Crippen LogP contribution in [0.25, 0.3) is 0 Å². The Morgan fingerprint density at radius 2 is 2.05 bits per heavy atom. The van der Waals surface area contributed by atoms with E-state index in [-0.39, 0.29) is 17.3 Å². The minimum atomic E-state index is -3.77. The van der Waals surface area contributed by atoms with Crippen molar-refractivity contribution in [3.63, 3.8) is 0 Å². The third-order valence-electron chi connectivity index (χ3n) is 2.93. The molecular weight excluding hydrogens is 292 g/mol. The maximum absolute atomic E-state index is 12.1. The molecule has 0 heterocycles. The van der Waals surface area contributed by atoms with E-state index in [4.69, 9.17) is 0 Å². The van der Waals surface area contributed by atoms with Crippen molar-refractivity contribution in [1.29, 1.82) is 0 Å². The van der Waals surface area contributed by atoms with Crippen LogP contribution in [-0.4, -0.2) is 32.5 Å². The number of nitrogens with one attached hydrogen (secondary N) is 2. The monoisotopic (exact) mass is 314 g/mol. The molecule has 21 heavy (non-hydrogen) atoms. The summed E-state index contributed by atoms with van der Waals surface area (Å²) in [6.07, 6.45) is 0.583. The third kappa shape index (κ3) is 5.45. The van der Waals surface area contributed by atoms with Gasteiger partial charge in [-0.1, -0.05) is 26.0 Å². The van der Waals surface area contributed by atoms with Crippen LogP contribution in [0, 0.1) is 0 Å². The van der Waals surface area contributed by atoms with Crippen LogP contribution >= 0.6 is 0 Å². The summed E-state index contributed by atoms with van der Waals surface area (Å²) in [6, 6.07) is 6.08. The van der Waals surface area contributed by atoms with E-state index in [9.17, 15) is 18.3 Å². The lowest BCUT2D eigenvalue weighted by atomic mass is 10.1. The summed E-state index contributed by atoms with van der Waals surface area (Å²) in [5.74, 6) is -0.370. The second kappa shape index (κ2) is 8.11. The number of carbonyl (C=O) groups is 1. The van der Waals surface area contributed by atoms with Gasteiger partial charge < -0.3 is 10.4 Å². The fourth-order valence-corrected chi connectivity index (χ4v) is 2.73. The lowest BCUT2D eigenvalue weighted by molar-refractivity contribution is -0.119. The van der Waals surface area contributed by atoms with Gasteiger partial charge >= 0.3 is 0 Å². The summed E-state index contributed by atoms with van der Waals surface area (Å²) < 4.78 is 26.4. The SMILES string of the molecule is CCCNC(=O)CNS(=O)(=O)c1cccc(C(O)CC)c1. The highest BCUT2D eigenvalue weighted by Gasteiger charge is 2.17. The Morgan fingerprint density at radius 3 is 2.67 bits per heavy atom. The predicted octanol–water partition coefficient (Wildman–Crippen LogP) is 0.934. The second-order valence-corrected chi connectivity index (χ2v) is 6.44. The molecule has 6 nitrogen and oxygen atoms in total. The largest absolute Gasteiger partial charge is 0.388 e. The Morgan fingerprint density at radius 1 is 1.33 bits per heavy atom. The van der Waals surface area contributed by atoms with Crippen LogP contribution in [-0.2, 0) is 14.8 Å². The molecule has 1 amide bonds. The Kier molecular flexibility index (Phi) is 6.80. The Bertz CT molecular complexity index is 572. The van der Waals surface area contributed by atoms with E-state index in [2.05, 4.69) is 10.0 Å². The highest BCUT2D eigenvalue weighted by Crippen LogP contribution is 2.19. The molecule has 118 valence electrons.